The van der Waals surface area contributed by atoms with Gasteiger partial charge < -0.3 is 9.84 Å². The summed E-state index contributed by atoms with van der Waals surface area (Å²) in [6.45, 7) is 6.33. The third-order valence-electron chi connectivity index (χ3n) is 5.94. The van der Waals surface area contributed by atoms with Gasteiger partial charge in [-0.1, -0.05) is 61.5 Å². The van der Waals surface area contributed by atoms with Crippen LogP contribution in [0.5, 0.6) is 5.75 Å². The number of carbonyl (C=O) groups excluding carboxylic acids is 2. The van der Waals surface area contributed by atoms with Crippen LogP contribution in [-0.2, 0) is 16.0 Å². The molecular weight excluding hydrogens is 414 g/mol. The lowest BCUT2D eigenvalue weighted by atomic mass is 9.94. The number of rotatable bonds is 6. The van der Waals surface area contributed by atoms with E-state index in [2.05, 4.69) is 0 Å². The number of carbonyl (C=O) groups is 2. The molecule has 1 amide bonds. The fourth-order valence-corrected chi connectivity index (χ4v) is 4.23. The summed E-state index contributed by atoms with van der Waals surface area (Å²) in [5.41, 5.74) is 3.87. The average Bonchev–Trinajstić information content (AvgIpc) is 3.10. The second kappa shape index (κ2) is 9.33. The first-order valence-electron chi connectivity index (χ1n) is 11.1. The number of hydrogen-bond donors (Lipinski definition) is 1. The summed E-state index contributed by atoms with van der Waals surface area (Å²) in [6.07, 6.45) is 0.864. The molecule has 1 heterocycles. The Labute approximate surface area is 193 Å². The van der Waals surface area contributed by atoms with Crippen LogP contribution in [0.2, 0.25) is 0 Å². The number of amides is 1. The molecule has 1 atom stereocenters. The Morgan fingerprint density at radius 1 is 0.970 bits per heavy atom. The van der Waals surface area contributed by atoms with Crippen molar-refractivity contribution >= 4 is 23.1 Å². The second-order valence-electron chi connectivity index (χ2n) is 8.01. The minimum Gasteiger partial charge on any atom is -0.507 e. The number of nitrogens with zero attached hydrogens (tertiary/aromatic N) is 1. The fraction of sp³-hybridized carbons (Fsp3) is 0.214. The van der Waals surface area contributed by atoms with Gasteiger partial charge in [0.1, 0.15) is 11.5 Å². The zero-order valence-electron chi connectivity index (χ0n) is 19.0. The number of hydrogen-bond acceptors (Lipinski definition) is 4. The van der Waals surface area contributed by atoms with Gasteiger partial charge in [-0.05, 0) is 55.2 Å². The fourth-order valence-electron chi connectivity index (χ4n) is 4.23. The maximum atomic E-state index is 13.3. The Kier molecular flexibility index (Phi) is 6.31. The molecule has 1 fully saturated rings. The van der Waals surface area contributed by atoms with Crippen molar-refractivity contribution in [3.8, 4) is 5.75 Å². The molecule has 5 heteroatoms. The molecule has 1 N–H and O–H groups in total. The van der Waals surface area contributed by atoms with Crippen LogP contribution in [0.4, 0.5) is 5.69 Å². The van der Waals surface area contributed by atoms with E-state index in [1.54, 1.807) is 12.1 Å². The van der Waals surface area contributed by atoms with E-state index in [9.17, 15) is 14.7 Å². The van der Waals surface area contributed by atoms with Crippen LogP contribution < -0.4 is 9.64 Å². The Balaban J connectivity index is 1.94. The number of ether oxygens (including phenoxy) is 1. The largest absolute Gasteiger partial charge is 0.507 e. The molecule has 0 aliphatic carbocycles. The molecule has 1 aliphatic rings. The van der Waals surface area contributed by atoms with Gasteiger partial charge in [-0.15, -0.1) is 0 Å². The second-order valence-corrected chi connectivity index (χ2v) is 8.01. The van der Waals surface area contributed by atoms with Gasteiger partial charge in [-0.25, -0.2) is 0 Å². The number of para-hydroxylation sites is 1. The highest BCUT2D eigenvalue weighted by Crippen LogP contribution is 2.43. The number of aliphatic hydroxyl groups excluding tert-OH is 1. The lowest BCUT2D eigenvalue weighted by Gasteiger charge is -2.27. The SMILES string of the molecule is CCOc1cccc(C2/C(=C(/O)c3ccc(CC)cc3)C(=O)C(=O)N2c2ccccc2C)c1. The van der Waals surface area contributed by atoms with Crippen LogP contribution in [-0.4, -0.2) is 23.4 Å². The molecule has 3 aromatic carbocycles. The minimum atomic E-state index is -0.780. The van der Waals surface area contributed by atoms with E-state index >= 15 is 0 Å². The molecule has 33 heavy (non-hydrogen) atoms. The lowest BCUT2D eigenvalue weighted by molar-refractivity contribution is -0.132. The van der Waals surface area contributed by atoms with Gasteiger partial charge in [0.05, 0.1) is 18.2 Å². The van der Waals surface area contributed by atoms with Gasteiger partial charge in [0.2, 0.25) is 0 Å². The highest BCUT2D eigenvalue weighted by atomic mass is 16.5. The summed E-state index contributed by atoms with van der Waals surface area (Å²) >= 11 is 0. The molecule has 1 unspecified atom stereocenters. The van der Waals surface area contributed by atoms with Gasteiger partial charge in [0.25, 0.3) is 11.7 Å². The molecule has 0 bridgehead atoms. The normalized spacial score (nSPS) is 17.4. The van der Waals surface area contributed by atoms with Crippen LogP contribution in [0.15, 0.2) is 78.4 Å². The van der Waals surface area contributed by atoms with E-state index in [4.69, 9.17) is 4.74 Å². The summed E-state index contributed by atoms with van der Waals surface area (Å²) in [5, 5.41) is 11.3. The number of aryl methyl sites for hydroxylation is 2. The van der Waals surface area contributed by atoms with Gasteiger partial charge >= 0.3 is 0 Å². The topological polar surface area (TPSA) is 66.8 Å². The van der Waals surface area contributed by atoms with Gasteiger partial charge in [0.15, 0.2) is 0 Å². The van der Waals surface area contributed by atoms with Crippen LogP contribution in [0.1, 0.15) is 42.1 Å². The molecule has 0 radical (unpaired) electrons. The Bertz CT molecular complexity index is 1230. The van der Waals surface area contributed by atoms with Crippen molar-refractivity contribution in [3.05, 3.63) is 101 Å². The third-order valence-corrected chi connectivity index (χ3v) is 5.94. The monoisotopic (exact) mass is 441 g/mol. The first-order valence-corrected chi connectivity index (χ1v) is 11.1. The minimum absolute atomic E-state index is 0.0705. The highest BCUT2D eigenvalue weighted by molar-refractivity contribution is 6.51. The van der Waals surface area contributed by atoms with E-state index in [1.165, 1.54) is 4.90 Å². The van der Waals surface area contributed by atoms with E-state index in [1.807, 2.05) is 81.4 Å². The Morgan fingerprint density at radius 3 is 2.36 bits per heavy atom. The predicted molar refractivity (Wildman–Crippen MR) is 129 cm³/mol. The zero-order chi connectivity index (χ0) is 23.5. The first-order chi connectivity index (χ1) is 16.0. The van der Waals surface area contributed by atoms with Crippen LogP contribution in [0.25, 0.3) is 5.76 Å². The van der Waals surface area contributed by atoms with Crippen molar-refractivity contribution in [2.24, 2.45) is 0 Å². The van der Waals surface area contributed by atoms with Crippen LogP contribution in [0, 0.1) is 6.92 Å². The maximum Gasteiger partial charge on any atom is 0.300 e. The summed E-state index contributed by atoms with van der Waals surface area (Å²) in [7, 11) is 0. The quantitative estimate of drug-likeness (QED) is 0.308. The summed E-state index contributed by atoms with van der Waals surface area (Å²) in [4.78, 5) is 28.1. The van der Waals surface area contributed by atoms with Crippen molar-refractivity contribution in [1.29, 1.82) is 0 Å². The molecule has 1 saturated heterocycles. The van der Waals surface area contributed by atoms with Crippen molar-refractivity contribution in [3.63, 3.8) is 0 Å². The average molecular weight is 442 g/mol. The summed E-state index contributed by atoms with van der Waals surface area (Å²) < 4.78 is 5.66. The van der Waals surface area contributed by atoms with Gasteiger partial charge in [-0.2, -0.15) is 0 Å². The van der Waals surface area contributed by atoms with Gasteiger partial charge in [0, 0.05) is 11.3 Å². The lowest BCUT2D eigenvalue weighted by Crippen LogP contribution is -2.30. The van der Waals surface area contributed by atoms with E-state index < -0.39 is 17.7 Å². The van der Waals surface area contributed by atoms with Crippen molar-refractivity contribution in [1.82, 2.24) is 0 Å². The van der Waals surface area contributed by atoms with Crippen molar-refractivity contribution < 1.29 is 19.4 Å². The molecule has 0 aromatic heterocycles. The van der Waals surface area contributed by atoms with Crippen molar-refractivity contribution in [2.75, 3.05) is 11.5 Å². The Hall–Kier alpha value is -3.86. The molecule has 3 aromatic rings. The van der Waals surface area contributed by atoms with E-state index in [0.29, 0.717) is 29.2 Å². The number of benzene rings is 3. The van der Waals surface area contributed by atoms with Gasteiger partial charge in [-0.3, -0.25) is 14.5 Å². The highest BCUT2D eigenvalue weighted by Gasteiger charge is 2.47. The predicted octanol–water partition coefficient (Wildman–Crippen LogP) is 5.58. The zero-order valence-corrected chi connectivity index (χ0v) is 19.0. The molecule has 168 valence electrons. The molecule has 0 spiro atoms. The van der Waals surface area contributed by atoms with Crippen molar-refractivity contribution in [2.45, 2.75) is 33.2 Å². The molecular formula is C28H27NO4. The van der Waals surface area contributed by atoms with E-state index in [0.717, 1.165) is 17.5 Å². The molecule has 1 aliphatic heterocycles. The molecule has 4 rings (SSSR count). The van der Waals surface area contributed by atoms with E-state index in [-0.39, 0.29) is 11.3 Å². The smallest absolute Gasteiger partial charge is 0.300 e. The Morgan fingerprint density at radius 2 is 1.70 bits per heavy atom. The number of aliphatic hydroxyl groups is 1. The standard InChI is InChI=1S/C28H27NO4/c1-4-19-13-15-20(16-14-19)26(30)24-25(21-10-8-11-22(17-21)33-5-2)29(28(32)27(24)31)23-12-7-6-9-18(23)3/h6-17,25,30H,4-5H2,1-3H3/b26-24-. The molecule has 0 saturated carbocycles. The number of anilines is 1. The number of ketones is 1. The third kappa shape index (κ3) is 4.14. The molecule has 5 nitrogen and oxygen atoms in total. The number of Topliss-reactive ketones (excluding diaryl/α,β-unsaturated/α-hetero) is 1. The van der Waals surface area contributed by atoms with Crippen LogP contribution in [0.3, 0.4) is 0 Å². The summed E-state index contributed by atoms with van der Waals surface area (Å²) in [5.74, 6) is -0.915. The summed E-state index contributed by atoms with van der Waals surface area (Å²) in [6, 6.07) is 21.4. The maximum absolute atomic E-state index is 13.3. The van der Waals surface area contributed by atoms with Crippen LogP contribution >= 0.6 is 0 Å². The first kappa shape index (κ1) is 22.3.